The first-order chi connectivity index (χ1) is 12.8. The van der Waals surface area contributed by atoms with Crippen LogP contribution in [0.15, 0.2) is 47.3 Å². The summed E-state index contributed by atoms with van der Waals surface area (Å²) in [5, 5.41) is 10.7. The van der Waals surface area contributed by atoms with Crippen molar-refractivity contribution >= 4 is 10.8 Å². The first kappa shape index (κ1) is 17.0. The number of piperidine rings is 1. The number of hydrogen-bond donors (Lipinski definition) is 1. The Hall–Kier alpha value is -2.40. The summed E-state index contributed by atoms with van der Waals surface area (Å²) >= 11 is 0. The Morgan fingerprint density at radius 2 is 2.04 bits per heavy atom. The van der Waals surface area contributed by atoms with Gasteiger partial charge < -0.3 is 5.32 Å². The molecule has 1 saturated heterocycles. The lowest BCUT2D eigenvalue weighted by molar-refractivity contribution is 0.430. The van der Waals surface area contributed by atoms with Crippen LogP contribution in [0.3, 0.4) is 0 Å². The molecular weight excluding hydrogens is 324 g/mol. The molecule has 0 amide bonds. The minimum atomic E-state index is 0.0216. The molecule has 0 spiro atoms. The van der Waals surface area contributed by atoms with Crippen LogP contribution in [-0.2, 0) is 19.5 Å². The van der Waals surface area contributed by atoms with E-state index in [1.165, 1.54) is 16.3 Å². The number of benzene rings is 2. The van der Waals surface area contributed by atoms with Gasteiger partial charge in [-0.05, 0) is 49.1 Å². The second kappa shape index (κ2) is 7.46. The Kier molecular flexibility index (Phi) is 4.89. The van der Waals surface area contributed by atoms with Crippen molar-refractivity contribution in [2.45, 2.75) is 45.2 Å². The zero-order valence-corrected chi connectivity index (χ0v) is 15.3. The fraction of sp³-hybridized carbons (Fsp3) is 0.429. The van der Waals surface area contributed by atoms with Gasteiger partial charge in [0.05, 0.1) is 6.54 Å². The third-order valence-corrected chi connectivity index (χ3v) is 5.40. The summed E-state index contributed by atoms with van der Waals surface area (Å²) in [6.45, 7) is 5.30. The number of hydrogen-bond acceptors (Lipinski definition) is 3. The lowest BCUT2D eigenvalue weighted by Gasteiger charge is -2.21. The van der Waals surface area contributed by atoms with E-state index in [9.17, 15) is 4.79 Å². The van der Waals surface area contributed by atoms with Crippen molar-refractivity contribution in [2.75, 3.05) is 13.1 Å². The molecule has 0 unspecified atom stereocenters. The van der Waals surface area contributed by atoms with Crippen molar-refractivity contribution < 1.29 is 0 Å². The highest BCUT2D eigenvalue weighted by Crippen LogP contribution is 2.21. The molecule has 2 heterocycles. The summed E-state index contributed by atoms with van der Waals surface area (Å²) in [6, 6.07) is 14.8. The van der Waals surface area contributed by atoms with Crippen LogP contribution in [0.2, 0.25) is 0 Å². The van der Waals surface area contributed by atoms with E-state index in [0.29, 0.717) is 19.0 Å². The monoisotopic (exact) mass is 350 g/mol. The minimum absolute atomic E-state index is 0.0216. The number of fused-ring (bicyclic) bond motifs is 1. The summed E-state index contributed by atoms with van der Waals surface area (Å²) in [4.78, 5) is 12.8. The van der Waals surface area contributed by atoms with Crippen molar-refractivity contribution in [3.05, 3.63) is 64.3 Å². The van der Waals surface area contributed by atoms with E-state index < -0.39 is 0 Å². The standard InChI is InChI=1S/C21H26N4O/c1-2-24-20(18-10-6-13-22-15-18)23-25(21(24)26)14-12-17-9-5-8-16-7-3-4-11-19(16)17/h3-5,7-9,11,18,22H,2,6,10,12-15H2,1H3/t18-/m0/s1. The predicted octanol–water partition coefficient (Wildman–Crippen LogP) is 2.93. The molecule has 0 bridgehead atoms. The van der Waals surface area contributed by atoms with Crippen LogP contribution in [0.1, 0.15) is 37.1 Å². The van der Waals surface area contributed by atoms with Gasteiger partial charge in [-0.15, -0.1) is 0 Å². The molecule has 2 aromatic carbocycles. The first-order valence-corrected chi connectivity index (χ1v) is 9.63. The molecule has 26 heavy (non-hydrogen) atoms. The normalized spacial score (nSPS) is 17.7. The van der Waals surface area contributed by atoms with Gasteiger partial charge in [0.25, 0.3) is 0 Å². The Morgan fingerprint density at radius 3 is 2.85 bits per heavy atom. The lowest BCUT2D eigenvalue weighted by Crippen LogP contribution is -2.31. The molecule has 136 valence electrons. The van der Waals surface area contributed by atoms with Gasteiger partial charge in [0.2, 0.25) is 0 Å². The van der Waals surface area contributed by atoms with Gasteiger partial charge in [0, 0.05) is 19.0 Å². The minimum Gasteiger partial charge on any atom is -0.316 e. The molecule has 1 atom stereocenters. The highest BCUT2D eigenvalue weighted by molar-refractivity contribution is 5.85. The van der Waals surface area contributed by atoms with E-state index in [2.05, 4.69) is 47.8 Å². The molecule has 0 saturated carbocycles. The maximum Gasteiger partial charge on any atom is 0.345 e. The van der Waals surface area contributed by atoms with Crippen LogP contribution >= 0.6 is 0 Å². The van der Waals surface area contributed by atoms with Crippen LogP contribution in [0.4, 0.5) is 0 Å². The lowest BCUT2D eigenvalue weighted by atomic mass is 9.99. The maximum absolute atomic E-state index is 12.8. The highest BCUT2D eigenvalue weighted by atomic mass is 16.2. The molecule has 3 aromatic rings. The van der Waals surface area contributed by atoms with Gasteiger partial charge in [0.15, 0.2) is 0 Å². The first-order valence-electron chi connectivity index (χ1n) is 9.63. The van der Waals surface area contributed by atoms with Crippen molar-refractivity contribution in [2.24, 2.45) is 0 Å². The van der Waals surface area contributed by atoms with E-state index in [1.807, 2.05) is 11.5 Å². The van der Waals surface area contributed by atoms with E-state index in [1.54, 1.807) is 4.68 Å². The summed E-state index contributed by atoms with van der Waals surface area (Å²) in [6.07, 6.45) is 3.06. The van der Waals surface area contributed by atoms with Gasteiger partial charge >= 0.3 is 5.69 Å². The molecule has 4 rings (SSSR count). The third kappa shape index (κ3) is 3.19. The molecule has 1 aliphatic rings. The number of nitrogens with zero attached hydrogens (tertiary/aromatic N) is 3. The van der Waals surface area contributed by atoms with E-state index in [4.69, 9.17) is 5.10 Å². The van der Waals surface area contributed by atoms with Crippen molar-refractivity contribution in [1.29, 1.82) is 0 Å². The maximum atomic E-state index is 12.8. The smallest absolute Gasteiger partial charge is 0.316 e. The third-order valence-electron chi connectivity index (χ3n) is 5.40. The van der Waals surface area contributed by atoms with Gasteiger partial charge in [-0.1, -0.05) is 42.5 Å². The number of aromatic nitrogens is 3. The van der Waals surface area contributed by atoms with E-state index in [0.717, 1.165) is 38.2 Å². The molecule has 1 aromatic heterocycles. The van der Waals surface area contributed by atoms with E-state index >= 15 is 0 Å². The molecule has 5 heteroatoms. The van der Waals surface area contributed by atoms with Crippen molar-refractivity contribution in [3.8, 4) is 0 Å². The quantitative estimate of drug-likeness (QED) is 0.770. The second-order valence-corrected chi connectivity index (χ2v) is 7.04. The molecule has 1 fully saturated rings. The number of rotatable bonds is 5. The fourth-order valence-corrected chi connectivity index (χ4v) is 4.01. The Labute approximate surface area is 153 Å². The van der Waals surface area contributed by atoms with Crippen molar-refractivity contribution in [3.63, 3.8) is 0 Å². The Morgan fingerprint density at radius 1 is 1.19 bits per heavy atom. The van der Waals surface area contributed by atoms with Crippen molar-refractivity contribution in [1.82, 2.24) is 19.7 Å². The highest BCUT2D eigenvalue weighted by Gasteiger charge is 2.23. The summed E-state index contributed by atoms with van der Waals surface area (Å²) in [5.74, 6) is 1.29. The predicted molar refractivity (Wildman–Crippen MR) is 105 cm³/mol. The van der Waals surface area contributed by atoms with Crippen LogP contribution in [-0.4, -0.2) is 27.4 Å². The second-order valence-electron chi connectivity index (χ2n) is 7.04. The molecule has 0 aliphatic carbocycles. The van der Waals surface area contributed by atoms with Gasteiger partial charge in [-0.2, -0.15) is 5.10 Å². The zero-order chi connectivity index (χ0) is 17.9. The van der Waals surface area contributed by atoms with Crippen LogP contribution in [0.5, 0.6) is 0 Å². The van der Waals surface area contributed by atoms with Crippen LogP contribution in [0.25, 0.3) is 10.8 Å². The summed E-state index contributed by atoms with van der Waals surface area (Å²) in [5.41, 5.74) is 1.29. The molecule has 5 nitrogen and oxygen atoms in total. The Balaban J connectivity index is 1.60. The average Bonchev–Trinajstić information content (AvgIpc) is 3.02. The van der Waals surface area contributed by atoms with Crippen LogP contribution < -0.4 is 11.0 Å². The summed E-state index contributed by atoms with van der Waals surface area (Å²) in [7, 11) is 0. The van der Waals surface area contributed by atoms with Gasteiger partial charge in [-0.25, -0.2) is 9.48 Å². The van der Waals surface area contributed by atoms with E-state index in [-0.39, 0.29) is 5.69 Å². The molecular formula is C21H26N4O. The number of aryl methyl sites for hydroxylation is 2. The van der Waals surface area contributed by atoms with Gasteiger partial charge in [-0.3, -0.25) is 4.57 Å². The average molecular weight is 350 g/mol. The largest absolute Gasteiger partial charge is 0.345 e. The fourth-order valence-electron chi connectivity index (χ4n) is 4.01. The summed E-state index contributed by atoms with van der Waals surface area (Å²) < 4.78 is 3.51. The zero-order valence-electron chi connectivity index (χ0n) is 15.3. The topological polar surface area (TPSA) is 51.9 Å². The number of nitrogens with one attached hydrogen (secondary N) is 1. The molecule has 1 aliphatic heterocycles. The Bertz CT molecular complexity index is 945. The molecule has 1 N–H and O–H groups in total. The van der Waals surface area contributed by atoms with Gasteiger partial charge in [0.1, 0.15) is 5.82 Å². The SMILES string of the molecule is CCn1c([C@H]2CCCNC2)nn(CCc2cccc3ccccc23)c1=O. The molecule has 0 radical (unpaired) electrons. The van der Waals surface area contributed by atoms with Crippen LogP contribution in [0, 0.1) is 0 Å².